The van der Waals surface area contributed by atoms with E-state index in [4.69, 9.17) is 16.3 Å². The number of anilines is 1. The van der Waals surface area contributed by atoms with Crippen LogP contribution in [0.5, 0.6) is 0 Å². The molecule has 1 aliphatic heterocycles. The number of amides is 1. The van der Waals surface area contributed by atoms with Crippen LogP contribution >= 0.6 is 11.6 Å². The summed E-state index contributed by atoms with van der Waals surface area (Å²) in [5.74, 6) is -0.207. The Kier molecular flexibility index (Phi) is 5.25. The summed E-state index contributed by atoms with van der Waals surface area (Å²) in [4.78, 5) is 23.9. The van der Waals surface area contributed by atoms with Crippen LogP contribution in [0, 0.1) is 17.0 Å². The fourth-order valence-corrected chi connectivity index (χ4v) is 3.48. The predicted octanol–water partition coefficient (Wildman–Crippen LogP) is 4.24. The number of halogens is 1. The smallest absolute Gasteiger partial charge is 0.274 e. The van der Waals surface area contributed by atoms with E-state index in [0.717, 1.165) is 5.56 Å². The van der Waals surface area contributed by atoms with Crippen LogP contribution in [0.3, 0.4) is 0 Å². The van der Waals surface area contributed by atoms with Gasteiger partial charge in [0.25, 0.3) is 5.69 Å². The van der Waals surface area contributed by atoms with Crippen molar-refractivity contribution < 1.29 is 14.5 Å². The SMILES string of the molecule is Cc1ccc(NC(=O)C2(c3cccc(Cl)c3)CCOCC2)cc1[N+](=O)[O-]. The molecule has 0 unspecified atom stereocenters. The topological polar surface area (TPSA) is 81.5 Å². The highest BCUT2D eigenvalue weighted by Crippen LogP contribution is 2.37. The lowest BCUT2D eigenvalue weighted by Gasteiger charge is -2.36. The van der Waals surface area contributed by atoms with Gasteiger partial charge in [0.05, 0.1) is 10.3 Å². The molecule has 2 aromatic carbocycles. The lowest BCUT2D eigenvalue weighted by molar-refractivity contribution is -0.385. The fourth-order valence-electron chi connectivity index (χ4n) is 3.29. The van der Waals surface area contributed by atoms with E-state index >= 15 is 0 Å². The summed E-state index contributed by atoms with van der Waals surface area (Å²) in [6.07, 6.45) is 1.04. The molecule has 1 saturated heterocycles. The van der Waals surface area contributed by atoms with Gasteiger partial charge in [-0.05, 0) is 43.5 Å². The number of nitro benzene ring substituents is 1. The van der Waals surface area contributed by atoms with Crippen LogP contribution in [-0.4, -0.2) is 24.0 Å². The second-order valence-corrected chi connectivity index (χ2v) is 6.85. The summed E-state index contributed by atoms with van der Waals surface area (Å²) in [6, 6.07) is 11.9. The van der Waals surface area contributed by atoms with Crippen molar-refractivity contribution in [3.8, 4) is 0 Å². The van der Waals surface area contributed by atoms with Gasteiger partial charge in [-0.2, -0.15) is 0 Å². The molecule has 0 atom stereocenters. The molecule has 1 heterocycles. The first-order valence-electron chi connectivity index (χ1n) is 8.33. The third kappa shape index (κ3) is 3.57. The summed E-state index contributed by atoms with van der Waals surface area (Å²) in [5.41, 5.74) is 0.978. The lowest BCUT2D eigenvalue weighted by atomic mass is 9.73. The number of nitrogens with one attached hydrogen (secondary N) is 1. The van der Waals surface area contributed by atoms with Crippen molar-refractivity contribution in [2.45, 2.75) is 25.2 Å². The van der Waals surface area contributed by atoms with Crippen molar-refractivity contribution >= 4 is 28.9 Å². The number of benzene rings is 2. The number of hydrogen-bond donors (Lipinski definition) is 1. The molecular formula is C19H19ClN2O4. The summed E-state index contributed by atoms with van der Waals surface area (Å²) >= 11 is 6.13. The monoisotopic (exact) mass is 374 g/mol. The highest BCUT2D eigenvalue weighted by molar-refractivity contribution is 6.30. The summed E-state index contributed by atoms with van der Waals surface area (Å²) in [6.45, 7) is 2.59. The van der Waals surface area contributed by atoms with Crippen LogP contribution in [0.1, 0.15) is 24.0 Å². The molecule has 1 aliphatic rings. The van der Waals surface area contributed by atoms with Gasteiger partial charge < -0.3 is 10.1 Å². The molecule has 136 valence electrons. The Hall–Kier alpha value is -2.44. The molecule has 0 spiro atoms. The number of rotatable bonds is 4. The molecule has 0 bridgehead atoms. The molecule has 0 aliphatic carbocycles. The maximum atomic E-state index is 13.2. The number of hydrogen-bond acceptors (Lipinski definition) is 4. The molecule has 26 heavy (non-hydrogen) atoms. The molecule has 1 N–H and O–H groups in total. The van der Waals surface area contributed by atoms with Crippen LogP contribution in [-0.2, 0) is 14.9 Å². The molecule has 1 fully saturated rings. The Morgan fingerprint density at radius 2 is 1.96 bits per heavy atom. The maximum absolute atomic E-state index is 13.2. The van der Waals surface area contributed by atoms with Crippen LogP contribution in [0.2, 0.25) is 5.02 Å². The number of carbonyl (C=O) groups is 1. The molecule has 0 aromatic heterocycles. The Morgan fingerprint density at radius 1 is 1.23 bits per heavy atom. The summed E-state index contributed by atoms with van der Waals surface area (Å²) < 4.78 is 5.44. The molecule has 1 amide bonds. The first kappa shape index (κ1) is 18.4. The van der Waals surface area contributed by atoms with Crippen molar-refractivity contribution in [2.24, 2.45) is 0 Å². The predicted molar refractivity (Wildman–Crippen MR) is 99.6 cm³/mol. The van der Waals surface area contributed by atoms with E-state index in [2.05, 4.69) is 5.32 Å². The van der Waals surface area contributed by atoms with Crippen molar-refractivity contribution in [3.63, 3.8) is 0 Å². The zero-order chi connectivity index (χ0) is 18.7. The van der Waals surface area contributed by atoms with Gasteiger partial charge in [0.2, 0.25) is 5.91 Å². The van der Waals surface area contributed by atoms with Crippen molar-refractivity contribution in [3.05, 3.63) is 68.7 Å². The van der Waals surface area contributed by atoms with E-state index in [1.54, 1.807) is 31.2 Å². The third-order valence-corrected chi connectivity index (χ3v) is 5.06. The number of nitro groups is 1. The summed E-state index contributed by atoms with van der Waals surface area (Å²) in [7, 11) is 0. The van der Waals surface area contributed by atoms with Crippen molar-refractivity contribution in [1.29, 1.82) is 0 Å². The largest absolute Gasteiger partial charge is 0.381 e. The molecule has 0 saturated carbocycles. The number of nitrogens with zero attached hydrogens (tertiary/aromatic N) is 1. The highest BCUT2D eigenvalue weighted by atomic mass is 35.5. The molecule has 7 heteroatoms. The second kappa shape index (κ2) is 7.43. The Labute approximate surface area is 156 Å². The Morgan fingerprint density at radius 3 is 2.62 bits per heavy atom. The van der Waals surface area contributed by atoms with Crippen LogP contribution in [0.15, 0.2) is 42.5 Å². The highest BCUT2D eigenvalue weighted by Gasteiger charge is 2.42. The number of ether oxygens (including phenoxy) is 1. The lowest BCUT2D eigenvalue weighted by Crippen LogP contribution is -2.44. The van der Waals surface area contributed by atoms with Gasteiger partial charge in [-0.25, -0.2) is 0 Å². The second-order valence-electron chi connectivity index (χ2n) is 6.42. The van der Waals surface area contributed by atoms with Crippen LogP contribution < -0.4 is 5.32 Å². The quantitative estimate of drug-likeness (QED) is 0.641. The van der Waals surface area contributed by atoms with E-state index in [1.807, 2.05) is 12.1 Å². The standard InChI is InChI=1S/C19H19ClN2O4/c1-13-5-6-16(12-17(13)22(24)25)21-18(23)19(7-9-26-10-8-19)14-3-2-4-15(20)11-14/h2-6,11-12H,7-10H2,1H3,(H,21,23). The Bertz CT molecular complexity index is 847. The molecule has 0 radical (unpaired) electrons. The third-order valence-electron chi connectivity index (χ3n) is 4.82. The number of carbonyl (C=O) groups excluding carboxylic acids is 1. The van der Waals surface area contributed by atoms with Gasteiger partial charge >= 0.3 is 0 Å². The first-order valence-corrected chi connectivity index (χ1v) is 8.70. The maximum Gasteiger partial charge on any atom is 0.274 e. The zero-order valence-corrected chi connectivity index (χ0v) is 15.1. The normalized spacial score (nSPS) is 16.1. The Balaban J connectivity index is 1.94. The molecule has 6 nitrogen and oxygen atoms in total. The fraction of sp³-hybridized carbons (Fsp3) is 0.316. The molecule has 3 rings (SSSR count). The van der Waals surface area contributed by atoms with Crippen LogP contribution in [0.4, 0.5) is 11.4 Å². The average molecular weight is 375 g/mol. The minimum Gasteiger partial charge on any atom is -0.381 e. The minimum atomic E-state index is -0.775. The number of aryl methyl sites for hydroxylation is 1. The van der Waals surface area contributed by atoms with Gasteiger partial charge in [-0.15, -0.1) is 0 Å². The van der Waals surface area contributed by atoms with Crippen molar-refractivity contribution in [2.75, 3.05) is 18.5 Å². The first-order chi connectivity index (χ1) is 12.4. The van der Waals surface area contributed by atoms with E-state index in [-0.39, 0.29) is 11.6 Å². The molecule has 2 aromatic rings. The molecular weight excluding hydrogens is 356 g/mol. The minimum absolute atomic E-state index is 0.0217. The van der Waals surface area contributed by atoms with E-state index in [9.17, 15) is 14.9 Å². The summed E-state index contributed by atoms with van der Waals surface area (Å²) in [5, 5.41) is 14.6. The van der Waals surface area contributed by atoms with Crippen LogP contribution in [0.25, 0.3) is 0 Å². The van der Waals surface area contributed by atoms with Gasteiger partial charge in [-0.3, -0.25) is 14.9 Å². The van der Waals surface area contributed by atoms with E-state index in [0.29, 0.717) is 42.3 Å². The van der Waals surface area contributed by atoms with E-state index < -0.39 is 10.3 Å². The zero-order valence-electron chi connectivity index (χ0n) is 14.3. The van der Waals surface area contributed by atoms with Crippen molar-refractivity contribution in [1.82, 2.24) is 0 Å². The van der Waals surface area contributed by atoms with Gasteiger partial charge in [-0.1, -0.05) is 29.8 Å². The van der Waals surface area contributed by atoms with E-state index in [1.165, 1.54) is 6.07 Å². The van der Waals surface area contributed by atoms with Gasteiger partial charge in [0, 0.05) is 35.6 Å². The average Bonchev–Trinajstić information content (AvgIpc) is 2.63. The van der Waals surface area contributed by atoms with Gasteiger partial charge in [0.1, 0.15) is 0 Å². The van der Waals surface area contributed by atoms with Gasteiger partial charge in [0.15, 0.2) is 0 Å².